The van der Waals surface area contributed by atoms with E-state index in [-0.39, 0.29) is 37.2 Å². The van der Waals surface area contributed by atoms with Crippen molar-refractivity contribution in [3.8, 4) is 11.5 Å². The van der Waals surface area contributed by atoms with E-state index in [1.807, 2.05) is 41.0 Å². The number of aliphatic hydroxyl groups excluding tert-OH is 1. The van der Waals surface area contributed by atoms with E-state index in [1.54, 1.807) is 36.3 Å². The van der Waals surface area contributed by atoms with Gasteiger partial charge in [-0.3, -0.25) is 4.79 Å². The van der Waals surface area contributed by atoms with Crippen molar-refractivity contribution in [1.29, 1.82) is 0 Å². The number of ether oxygens (including phenoxy) is 2. The number of para-hydroxylation sites is 4. The highest BCUT2D eigenvalue weighted by atomic mass is 19.1. The van der Waals surface area contributed by atoms with E-state index in [1.165, 1.54) is 12.1 Å². The second kappa shape index (κ2) is 9.76. The number of methoxy groups -OCH3 is 1. The number of hydrogen-bond acceptors (Lipinski definition) is 5. The first-order valence-electron chi connectivity index (χ1n) is 11.5. The third kappa shape index (κ3) is 4.70. The molecule has 2 atom stereocenters. The Kier molecular flexibility index (Phi) is 6.37. The molecule has 0 saturated carbocycles. The number of imidazole rings is 1. The molecular formula is C27H26FN3O4. The van der Waals surface area contributed by atoms with E-state index >= 15 is 0 Å². The number of halogens is 1. The van der Waals surface area contributed by atoms with Crippen molar-refractivity contribution >= 4 is 22.6 Å². The number of fused-ring (bicyclic) bond motifs is 1. The van der Waals surface area contributed by atoms with Crippen LogP contribution in [0.1, 0.15) is 18.2 Å². The van der Waals surface area contributed by atoms with Crippen molar-refractivity contribution in [2.75, 3.05) is 25.2 Å². The van der Waals surface area contributed by atoms with Crippen LogP contribution in [0.2, 0.25) is 0 Å². The Bertz CT molecular complexity index is 1340. The summed E-state index contributed by atoms with van der Waals surface area (Å²) in [6.07, 6.45) is -0.532. The van der Waals surface area contributed by atoms with E-state index < -0.39 is 6.10 Å². The topological polar surface area (TPSA) is 76.8 Å². The predicted octanol–water partition coefficient (Wildman–Crippen LogP) is 4.14. The van der Waals surface area contributed by atoms with Crippen molar-refractivity contribution in [2.24, 2.45) is 0 Å². The predicted molar refractivity (Wildman–Crippen MR) is 130 cm³/mol. The van der Waals surface area contributed by atoms with Gasteiger partial charge in [0.1, 0.15) is 24.4 Å². The minimum Gasteiger partial charge on any atom is -0.493 e. The van der Waals surface area contributed by atoms with Crippen LogP contribution in [0.3, 0.4) is 0 Å². The van der Waals surface area contributed by atoms with Crippen LogP contribution in [0.15, 0.2) is 72.8 Å². The van der Waals surface area contributed by atoms with Gasteiger partial charge in [-0.1, -0.05) is 24.3 Å². The summed E-state index contributed by atoms with van der Waals surface area (Å²) in [5, 5.41) is 10.9. The van der Waals surface area contributed by atoms with Gasteiger partial charge in [-0.15, -0.1) is 0 Å². The minimum atomic E-state index is -0.818. The Hall–Kier alpha value is -3.91. The third-order valence-corrected chi connectivity index (χ3v) is 6.21. The molecule has 8 heteroatoms. The highest BCUT2D eigenvalue weighted by Crippen LogP contribution is 2.33. The molecule has 0 spiro atoms. The zero-order valence-corrected chi connectivity index (χ0v) is 19.3. The summed E-state index contributed by atoms with van der Waals surface area (Å²) in [5.74, 6) is 1.34. The molecule has 1 aliphatic heterocycles. The molecule has 1 amide bonds. The number of amides is 1. The monoisotopic (exact) mass is 475 g/mol. The Morgan fingerprint density at radius 2 is 1.77 bits per heavy atom. The van der Waals surface area contributed by atoms with Crippen LogP contribution in [0.25, 0.3) is 11.0 Å². The van der Waals surface area contributed by atoms with Crippen LogP contribution in [-0.4, -0.2) is 46.9 Å². The van der Waals surface area contributed by atoms with Gasteiger partial charge in [0.05, 0.1) is 24.7 Å². The van der Waals surface area contributed by atoms with E-state index in [9.17, 15) is 14.3 Å². The number of aliphatic hydroxyl groups is 1. The molecule has 35 heavy (non-hydrogen) atoms. The highest BCUT2D eigenvalue weighted by Gasteiger charge is 2.35. The normalized spacial score (nSPS) is 16.6. The summed E-state index contributed by atoms with van der Waals surface area (Å²) in [4.78, 5) is 19.3. The number of hydrogen-bond donors (Lipinski definition) is 1. The van der Waals surface area contributed by atoms with Crippen molar-refractivity contribution in [2.45, 2.75) is 25.0 Å². The lowest BCUT2D eigenvalue weighted by Crippen LogP contribution is -2.26. The fraction of sp³-hybridized carbons (Fsp3) is 0.259. The summed E-state index contributed by atoms with van der Waals surface area (Å²) >= 11 is 0. The van der Waals surface area contributed by atoms with E-state index in [0.717, 1.165) is 16.9 Å². The molecule has 1 aromatic heterocycles. The number of anilines is 1. The number of carbonyl (C=O) groups excluding carboxylic acids is 1. The van der Waals surface area contributed by atoms with Crippen molar-refractivity contribution < 1.29 is 23.8 Å². The zero-order chi connectivity index (χ0) is 24.4. The second-order valence-corrected chi connectivity index (χ2v) is 8.57. The first kappa shape index (κ1) is 22.9. The van der Waals surface area contributed by atoms with Crippen LogP contribution in [0.5, 0.6) is 11.5 Å². The number of benzene rings is 3. The second-order valence-electron chi connectivity index (χ2n) is 8.57. The number of aromatic nitrogens is 2. The van der Waals surface area contributed by atoms with Crippen molar-refractivity contribution in [1.82, 2.24) is 9.55 Å². The molecular weight excluding hydrogens is 449 g/mol. The van der Waals surface area contributed by atoms with Gasteiger partial charge >= 0.3 is 0 Å². The van der Waals surface area contributed by atoms with Crippen molar-refractivity contribution in [3.63, 3.8) is 0 Å². The molecule has 7 nitrogen and oxygen atoms in total. The molecule has 1 fully saturated rings. The Balaban J connectivity index is 1.37. The largest absolute Gasteiger partial charge is 0.493 e. The van der Waals surface area contributed by atoms with Gasteiger partial charge in [0, 0.05) is 24.6 Å². The fourth-order valence-corrected chi connectivity index (χ4v) is 4.54. The Morgan fingerprint density at radius 1 is 1.06 bits per heavy atom. The molecule has 4 aromatic rings. The lowest BCUT2D eigenvalue weighted by atomic mass is 10.1. The molecule has 5 rings (SSSR count). The lowest BCUT2D eigenvalue weighted by Gasteiger charge is -2.19. The number of nitrogens with zero attached hydrogens (tertiary/aromatic N) is 3. The van der Waals surface area contributed by atoms with Gasteiger partial charge in [0.2, 0.25) is 5.91 Å². The van der Waals surface area contributed by atoms with Crippen LogP contribution in [-0.2, 0) is 11.3 Å². The smallest absolute Gasteiger partial charge is 0.227 e. The first-order chi connectivity index (χ1) is 17.0. The molecule has 2 heterocycles. The van der Waals surface area contributed by atoms with Crippen LogP contribution in [0.4, 0.5) is 10.1 Å². The molecule has 2 unspecified atom stereocenters. The summed E-state index contributed by atoms with van der Waals surface area (Å²) < 4.78 is 26.5. The molecule has 1 N–H and O–H groups in total. The van der Waals surface area contributed by atoms with Crippen molar-refractivity contribution in [3.05, 3.63) is 84.4 Å². The highest BCUT2D eigenvalue weighted by molar-refractivity contribution is 5.96. The van der Waals surface area contributed by atoms with Gasteiger partial charge in [-0.05, 0) is 48.5 Å². The Morgan fingerprint density at radius 3 is 2.54 bits per heavy atom. The SMILES string of the molecule is COc1ccccc1OCC(O)Cn1c(C2CC(=O)N(c3ccc(F)cc3)C2)nc2ccccc21. The van der Waals surface area contributed by atoms with Gasteiger partial charge in [0.25, 0.3) is 0 Å². The van der Waals surface area contributed by atoms with E-state index in [0.29, 0.717) is 23.7 Å². The maximum Gasteiger partial charge on any atom is 0.227 e. The van der Waals surface area contributed by atoms with Crippen LogP contribution < -0.4 is 14.4 Å². The van der Waals surface area contributed by atoms with Gasteiger partial charge in [-0.25, -0.2) is 9.37 Å². The quantitative estimate of drug-likeness (QED) is 0.415. The number of carbonyl (C=O) groups is 1. The maximum absolute atomic E-state index is 13.4. The first-order valence-corrected chi connectivity index (χ1v) is 11.5. The van der Waals surface area contributed by atoms with Gasteiger partial charge in [0.15, 0.2) is 11.5 Å². The standard InChI is InChI=1S/C27H26FN3O4/c1-34-24-8-4-5-9-25(24)35-17-21(32)16-31-23-7-3-2-6-22(23)29-27(31)18-14-26(33)30(15-18)20-12-10-19(28)11-13-20/h2-13,18,21,32H,14-17H2,1H3. The van der Waals surface area contributed by atoms with Crippen LogP contribution in [0, 0.1) is 5.82 Å². The minimum absolute atomic E-state index is 0.0414. The molecule has 1 aliphatic rings. The average Bonchev–Trinajstić information content (AvgIpc) is 3.44. The molecule has 180 valence electrons. The van der Waals surface area contributed by atoms with Crippen LogP contribution >= 0.6 is 0 Å². The fourth-order valence-electron chi connectivity index (χ4n) is 4.54. The Labute approximate surface area is 202 Å². The summed E-state index contributed by atoms with van der Waals surface area (Å²) in [6, 6.07) is 20.9. The third-order valence-electron chi connectivity index (χ3n) is 6.21. The van der Waals surface area contributed by atoms with Gasteiger partial charge in [-0.2, -0.15) is 0 Å². The van der Waals surface area contributed by atoms with E-state index in [4.69, 9.17) is 14.5 Å². The lowest BCUT2D eigenvalue weighted by molar-refractivity contribution is -0.117. The van der Waals surface area contributed by atoms with Gasteiger partial charge < -0.3 is 24.0 Å². The molecule has 0 aliphatic carbocycles. The molecule has 0 bridgehead atoms. The molecule has 1 saturated heterocycles. The summed E-state index contributed by atoms with van der Waals surface area (Å²) in [7, 11) is 1.57. The van der Waals surface area contributed by atoms with E-state index in [2.05, 4.69) is 0 Å². The molecule has 0 radical (unpaired) electrons. The summed E-state index contributed by atoms with van der Waals surface area (Å²) in [6.45, 7) is 0.755. The zero-order valence-electron chi connectivity index (χ0n) is 19.3. The summed E-state index contributed by atoms with van der Waals surface area (Å²) in [5.41, 5.74) is 2.34. The molecule has 3 aromatic carbocycles. The maximum atomic E-state index is 13.4. The average molecular weight is 476 g/mol. The number of rotatable bonds is 8.